The summed E-state index contributed by atoms with van der Waals surface area (Å²) in [5.41, 5.74) is 0. The van der Waals surface area contributed by atoms with Crippen molar-refractivity contribution in [1.29, 1.82) is 0 Å². The predicted molar refractivity (Wildman–Crippen MR) is 60.5 cm³/mol. The molecule has 1 aliphatic heterocycles. The Morgan fingerprint density at radius 3 is 2.87 bits per heavy atom. The number of likely N-dealkylation sites (tertiary alicyclic amines) is 1. The van der Waals surface area contributed by atoms with Gasteiger partial charge in [0.1, 0.15) is 0 Å². The highest BCUT2D eigenvalue weighted by atomic mass is 16.6. The molecule has 1 saturated heterocycles. The lowest BCUT2D eigenvalue weighted by molar-refractivity contribution is -0.159. The van der Waals surface area contributed by atoms with Crippen molar-refractivity contribution in [3.8, 4) is 0 Å². The minimum Gasteiger partial charge on any atom is -0.447 e. The molecule has 3 nitrogen and oxygen atoms in total. The summed E-state index contributed by atoms with van der Waals surface area (Å²) in [6.07, 6.45) is 7.20. The summed E-state index contributed by atoms with van der Waals surface area (Å²) in [4.78, 5) is 13.3. The summed E-state index contributed by atoms with van der Waals surface area (Å²) in [5.74, 6) is -0.151. The van der Waals surface area contributed by atoms with Crippen LogP contribution in [0.5, 0.6) is 0 Å². The summed E-state index contributed by atoms with van der Waals surface area (Å²) in [7, 11) is 0. The van der Waals surface area contributed by atoms with Crippen LogP contribution in [0.1, 0.15) is 52.4 Å². The first-order chi connectivity index (χ1) is 7.24. The molecule has 1 fully saturated rings. The van der Waals surface area contributed by atoms with E-state index in [9.17, 15) is 4.79 Å². The molecule has 0 amide bonds. The number of hydrogen-bond donors (Lipinski definition) is 0. The van der Waals surface area contributed by atoms with Gasteiger partial charge in [-0.3, -0.25) is 9.69 Å². The second kappa shape index (κ2) is 6.83. The lowest BCUT2D eigenvalue weighted by atomic mass is 10.1. The zero-order valence-electron chi connectivity index (χ0n) is 10.00. The molecule has 0 aromatic carbocycles. The predicted octanol–water partition coefficient (Wildman–Crippen LogP) is 2.55. The van der Waals surface area contributed by atoms with E-state index in [0.29, 0.717) is 0 Å². The van der Waals surface area contributed by atoms with Crippen molar-refractivity contribution >= 4 is 5.97 Å². The van der Waals surface area contributed by atoms with Gasteiger partial charge in [0.15, 0.2) is 6.23 Å². The van der Waals surface area contributed by atoms with Gasteiger partial charge in [0.2, 0.25) is 0 Å². The van der Waals surface area contributed by atoms with E-state index in [2.05, 4.69) is 11.8 Å². The molecular weight excluding hydrogens is 190 g/mol. The number of rotatable bonds is 5. The van der Waals surface area contributed by atoms with E-state index < -0.39 is 0 Å². The topological polar surface area (TPSA) is 29.5 Å². The molecule has 3 heteroatoms. The molecule has 0 spiro atoms. The van der Waals surface area contributed by atoms with Gasteiger partial charge in [-0.1, -0.05) is 19.8 Å². The summed E-state index contributed by atoms with van der Waals surface area (Å²) in [6.45, 7) is 5.87. The van der Waals surface area contributed by atoms with Gasteiger partial charge in [0.25, 0.3) is 0 Å². The largest absolute Gasteiger partial charge is 0.447 e. The monoisotopic (exact) mass is 213 g/mol. The average Bonchev–Trinajstić information content (AvgIpc) is 2.20. The molecule has 0 aromatic heterocycles. The molecule has 1 atom stereocenters. The molecule has 0 radical (unpaired) electrons. The number of piperidine rings is 1. The Kier molecular flexibility index (Phi) is 5.69. The van der Waals surface area contributed by atoms with Crippen LogP contribution in [0, 0.1) is 0 Å². The molecule has 15 heavy (non-hydrogen) atoms. The summed E-state index contributed by atoms with van der Waals surface area (Å²) < 4.78 is 5.32. The highest BCUT2D eigenvalue weighted by Gasteiger charge is 2.23. The van der Waals surface area contributed by atoms with Crippen molar-refractivity contribution in [2.45, 2.75) is 58.6 Å². The lowest BCUT2D eigenvalue weighted by Gasteiger charge is -2.34. The average molecular weight is 213 g/mol. The first kappa shape index (κ1) is 12.5. The number of unbranched alkanes of at least 4 members (excludes halogenated alkanes) is 2. The van der Waals surface area contributed by atoms with Crippen LogP contribution in [0.15, 0.2) is 0 Å². The third kappa shape index (κ3) is 4.65. The second-order valence-electron chi connectivity index (χ2n) is 4.30. The molecule has 88 valence electrons. The maximum atomic E-state index is 10.9. The van der Waals surface area contributed by atoms with Gasteiger partial charge in [-0.25, -0.2) is 0 Å². The molecular formula is C12H23NO2. The standard InChI is InChI=1S/C12H23NO2/c1-3-4-6-9-13-10-7-5-8-12(13)15-11(2)14/h12H,3-10H2,1-2H3. The van der Waals surface area contributed by atoms with Gasteiger partial charge < -0.3 is 4.74 Å². The van der Waals surface area contributed by atoms with E-state index in [-0.39, 0.29) is 12.2 Å². The number of hydrogen-bond acceptors (Lipinski definition) is 3. The number of ether oxygens (including phenoxy) is 1. The quantitative estimate of drug-likeness (QED) is 0.519. The molecule has 0 saturated carbocycles. The molecule has 0 aliphatic carbocycles. The Bertz CT molecular complexity index is 194. The maximum Gasteiger partial charge on any atom is 0.304 e. The smallest absolute Gasteiger partial charge is 0.304 e. The van der Waals surface area contributed by atoms with Crippen molar-refractivity contribution in [2.75, 3.05) is 13.1 Å². The molecule has 1 heterocycles. The number of esters is 1. The van der Waals surface area contributed by atoms with Gasteiger partial charge in [-0.05, 0) is 25.7 Å². The van der Waals surface area contributed by atoms with Crippen LogP contribution in [-0.4, -0.2) is 30.2 Å². The van der Waals surface area contributed by atoms with Crippen LogP contribution in [0.25, 0.3) is 0 Å². The highest BCUT2D eigenvalue weighted by Crippen LogP contribution is 2.18. The van der Waals surface area contributed by atoms with Gasteiger partial charge in [-0.15, -0.1) is 0 Å². The number of nitrogens with zero attached hydrogens (tertiary/aromatic N) is 1. The normalized spacial score (nSPS) is 22.7. The number of carbonyl (C=O) groups excluding carboxylic acids is 1. The molecule has 0 bridgehead atoms. The highest BCUT2D eigenvalue weighted by molar-refractivity contribution is 5.66. The maximum absolute atomic E-state index is 10.9. The van der Waals surface area contributed by atoms with Crippen LogP contribution < -0.4 is 0 Å². The third-order valence-electron chi connectivity index (χ3n) is 2.90. The van der Waals surface area contributed by atoms with E-state index in [1.807, 2.05) is 0 Å². The molecule has 1 rings (SSSR count). The minimum atomic E-state index is -0.151. The SMILES string of the molecule is CCCCCN1CCCCC1OC(C)=O. The Morgan fingerprint density at radius 1 is 1.40 bits per heavy atom. The summed E-state index contributed by atoms with van der Waals surface area (Å²) >= 11 is 0. The van der Waals surface area contributed by atoms with Crippen LogP contribution in [0.2, 0.25) is 0 Å². The van der Waals surface area contributed by atoms with Crippen LogP contribution >= 0.6 is 0 Å². The van der Waals surface area contributed by atoms with E-state index in [1.54, 1.807) is 0 Å². The fraction of sp³-hybridized carbons (Fsp3) is 0.917. The zero-order chi connectivity index (χ0) is 11.1. The first-order valence-electron chi connectivity index (χ1n) is 6.15. The van der Waals surface area contributed by atoms with Crippen molar-refractivity contribution in [3.63, 3.8) is 0 Å². The molecule has 0 aromatic rings. The van der Waals surface area contributed by atoms with Gasteiger partial charge in [0, 0.05) is 20.0 Å². The van der Waals surface area contributed by atoms with Crippen LogP contribution in [0.4, 0.5) is 0 Å². The van der Waals surface area contributed by atoms with Crippen molar-refractivity contribution in [1.82, 2.24) is 4.90 Å². The van der Waals surface area contributed by atoms with Gasteiger partial charge in [0.05, 0.1) is 0 Å². The van der Waals surface area contributed by atoms with E-state index in [1.165, 1.54) is 39.0 Å². The van der Waals surface area contributed by atoms with Crippen molar-refractivity contribution in [2.24, 2.45) is 0 Å². The minimum absolute atomic E-state index is 0.0492. The Morgan fingerprint density at radius 2 is 2.20 bits per heavy atom. The Labute approximate surface area is 92.8 Å². The fourth-order valence-electron chi connectivity index (χ4n) is 2.11. The summed E-state index contributed by atoms with van der Waals surface area (Å²) in [6, 6.07) is 0. The van der Waals surface area contributed by atoms with Gasteiger partial charge in [-0.2, -0.15) is 0 Å². The molecule has 1 aliphatic rings. The molecule has 0 N–H and O–H groups in total. The zero-order valence-corrected chi connectivity index (χ0v) is 10.00. The molecule has 1 unspecified atom stereocenters. The van der Waals surface area contributed by atoms with Crippen LogP contribution in [-0.2, 0) is 9.53 Å². The van der Waals surface area contributed by atoms with Crippen molar-refractivity contribution in [3.05, 3.63) is 0 Å². The van der Waals surface area contributed by atoms with Crippen LogP contribution in [0.3, 0.4) is 0 Å². The number of carbonyl (C=O) groups is 1. The van der Waals surface area contributed by atoms with E-state index in [0.717, 1.165) is 19.5 Å². The van der Waals surface area contributed by atoms with E-state index >= 15 is 0 Å². The van der Waals surface area contributed by atoms with E-state index in [4.69, 9.17) is 4.74 Å². The Balaban J connectivity index is 2.32. The summed E-state index contributed by atoms with van der Waals surface area (Å²) in [5, 5.41) is 0. The fourth-order valence-corrected chi connectivity index (χ4v) is 2.11. The van der Waals surface area contributed by atoms with Gasteiger partial charge >= 0.3 is 5.97 Å². The first-order valence-corrected chi connectivity index (χ1v) is 6.15. The Hall–Kier alpha value is -0.570. The lowest BCUT2D eigenvalue weighted by Crippen LogP contribution is -2.42. The third-order valence-corrected chi connectivity index (χ3v) is 2.90. The second-order valence-corrected chi connectivity index (χ2v) is 4.30. The van der Waals surface area contributed by atoms with Crippen molar-refractivity contribution < 1.29 is 9.53 Å².